The summed E-state index contributed by atoms with van der Waals surface area (Å²) >= 11 is 0. The quantitative estimate of drug-likeness (QED) is 0.886. The van der Waals surface area contributed by atoms with E-state index in [1.165, 1.54) is 0 Å². The molecule has 1 N–H and O–H groups in total. The Morgan fingerprint density at radius 3 is 2.65 bits per heavy atom. The Bertz CT molecular complexity index is 600. The molecular formula is C17H21N3O3. The summed E-state index contributed by atoms with van der Waals surface area (Å²) in [5.74, 6) is 0.903. The van der Waals surface area contributed by atoms with E-state index in [-0.39, 0.29) is 24.1 Å². The van der Waals surface area contributed by atoms with Crippen molar-refractivity contribution in [1.82, 2.24) is 15.1 Å². The molecule has 0 aliphatic carbocycles. The number of rotatable bonds is 2. The van der Waals surface area contributed by atoms with Crippen molar-refractivity contribution in [1.29, 1.82) is 0 Å². The largest absolute Gasteiger partial charge is 0.480 e. The normalized spacial score (nSPS) is 24.3. The van der Waals surface area contributed by atoms with Crippen molar-refractivity contribution < 1.29 is 14.3 Å². The molecule has 0 aromatic heterocycles. The molecule has 3 aliphatic heterocycles. The molecule has 122 valence electrons. The molecule has 0 unspecified atom stereocenters. The predicted molar refractivity (Wildman–Crippen MR) is 84.3 cm³/mol. The molecule has 0 bridgehead atoms. The average Bonchev–Trinajstić information content (AvgIpc) is 3.20. The number of fused-ring (bicyclic) bond motifs is 1. The van der Waals surface area contributed by atoms with Crippen molar-refractivity contribution in [2.75, 3.05) is 26.2 Å². The first-order valence-corrected chi connectivity index (χ1v) is 8.30. The van der Waals surface area contributed by atoms with Crippen LogP contribution in [0.1, 0.15) is 18.4 Å². The molecule has 1 atom stereocenters. The van der Waals surface area contributed by atoms with Gasteiger partial charge in [0.05, 0.1) is 0 Å². The first kappa shape index (κ1) is 14.4. The molecule has 0 radical (unpaired) electrons. The third kappa shape index (κ3) is 2.62. The minimum absolute atomic E-state index is 0.0318. The number of ether oxygens (including phenoxy) is 1. The number of piperidine rings is 1. The molecule has 4 rings (SSSR count). The summed E-state index contributed by atoms with van der Waals surface area (Å²) in [6.07, 6.45) is 1.96. The average molecular weight is 315 g/mol. The third-order valence-corrected chi connectivity index (χ3v) is 5.03. The Kier molecular flexibility index (Phi) is 3.59. The van der Waals surface area contributed by atoms with Crippen LogP contribution < -0.4 is 10.1 Å². The smallest absolute Gasteiger partial charge is 0.317 e. The van der Waals surface area contributed by atoms with Gasteiger partial charge >= 0.3 is 6.03 Å². The minimum Gasteiger partial charge on any atom is -0.480 e. The van der Waals surface area contributed by atoms with Crippen LogP contribution in [0, 0.1) is 0 Å². The van der Waals surface area contributed by atoms with E-state index in [1.54, 1.807) is 0 Å². The molecule has 3 aliphatic rings. The zero-order valence-corrected chi connectivity index (χ0v) is 13.0. The predicted octanol–water partition coefficient (Wildman–Crippen LogP) is 1.01. The first-order chi connectivity index (χ1) is 11.2. The van der Waals surface area contributed by atoms with Crippen LogP contribution in [0.25, 0.3) is 0 Å². The van der Waals surface area contributed by atoms with Gasteiger partial charge in [0, 0.05) is 38.6 Å². The molecule has 6 heteroatoms. The summed E-state index contributed by atoms with van der Waals surface area (Å²) in [4.78, 5) is 28.2. The Hall–Kier alpha value is -2.24. The van der Waals surface area contributed by atoms with Crippen molar-refractivity contribution >= 4 is 11.9 Å². The summed E-state index contributed by atoms with van der Waals surface area (Å²) in [6, 6.07) is 8.12. The van der Waals surface area contributed by atoms with Crippen LogP contribution in [0.3, 0.4) is 0 Å². The lowest BCUT2D eigenvalue weighted by molar-refractivity contribution is -0.139. The van der Waals surface area contributed by atoms with Crippen LogP contribution in [0.5, 0.6) is 5.75 Å². The highest BCUT2D eigenvalue weighted by atomic mass is 16.5. The number of hydrogen-bond acceptors (Lipinski definition) is 3. The van der Waals surface area contributed by atoms with Gasteiger partial charge in [-0.05, 0) is 24.5 Å². The highest BCUT2D eigenvalue weighted by Gasteiger charge is 2.36. The van der Waals surface area contributed by atoms with Crippen molar-refractivity contribution in [3.63, 3.8) is 0 Å². The van der Waals surface area contributed by atoms with Gasteiger partial charge < -0.3 is 19.9 Å². The van der Waals surface area contributed by atoms with Crippen LogP contribution in [-0.2, 0) is 11.2 Å². The number of carbonyl (C=O) groups is 2. The highest BCUT2D eigenvalue weighted by molar-refractivity contribution is 5.83. The topological polar surface area (TPSA) is 61.9 Å². The number of amides is 3. The lowest BCUT2D eigenvalue weighted by Crippen LogP contribution is -2.50. The van der Waals surface area contributed by atoms with Crippen LogP contribution in [0.15, 0.2) is 24.3 Å². The van der Waals surface area contributed by atoms with Crippen molar-refractivity contribution in [2.45, 2.75) is 31.4 Å². The van der Waals surface area contributed by atoms with E-state index < -0.39 is 0 Å². The second-order valence-electron chi connectivity index (χ2n) is 6.40. The molecule has 3 heterocycles. The molecule has 2 saturated heterocycles. The van der Waals surface area contributed by atoms with Gasteiger partial charge in [0.15, 0.2) is 6.10 Å². The number of carbonyl (C=O) groups excluding carboxylic acids is 2. The monoisotopic (exact) mass is 315 g/mol. The van der Waals surface area contributed by atoms with Crippen molar-refractivity contribution in [3.8, 4) is 5.75 Å². The summed E-state index contributed by atoms with van der Waals surface area (Å²) < 4.78 is 5.80. The number of hydrogen-bond donors (Lipinski definition) is 1. The van der Waals surface area contributed by atoms with Crippen LogP contribution in [-0.4, -0.2) is 60.1 Å². The van der Waals surface area contributed by atoms with Gasteiger partial charge in [-0.15, -0.1) is 0 Å². The zero-order valence-electron chi connectivity index (χ0n) is 13.0. The fourth-order valence-electron chi connectivity index (χ4n) is 3.76. The number of nitrogens with one attached hydrogen (secondary N) is 1. The van der Waals surface area contributed by atoms with E-state index in [2.05, 4.69) is 5.32 Å². The lowest BCUT2D eigenvalue weighted by Gasteiger charge is -2.36. The van der Waals surface area contributed by atoms with E-state index in [1.807, 2.05) is 34.1 Å². The number of urea groups is 1. The van der Waals surface area contributed by atoms with E-state index >= 15 is 0 Å². The Labute approximate surface area is 135 Å². The molecule has 6 nitrogen and oxygen atoms in total. The van der Waals surface area contributed by atoms with Crippen LogP contribution in [0.4, 0.5) is 4.79 Å². The van der Waals surface area contributed by atoms with Gasteiger partial charge in [-0.1, -0.05) is 18.2 Å². The number of benzene rings is 1. The lowest BCUT2D eigenvalue weighted by atomic mass is 10.0. The summed E-state index contributed by atoms with van der Waals surface area (Å²) in [5.41, 5.74) is 1.11. The maximum Gasteiger partial charge on any atom is 0.317 e. The SMILES string of the molecule is O=C([C@H]1Cc2ccccc2O1)N1CCC(N2CCNC2=O)CC1. The van der Waals surface area contributed by atoms with Crippen molar-refractivity contribution in [2.24, 2.45) is 0 Å². The maximum absolute atomic E-state index is 12.7. The fraction of sp³-hybridized carbons (Fsp3) is 0.529. The van der Waals surface area contributed by atoms with Gasteiger partial charge in [0.2, 0.25) is 0 Å². The molecule has 1 aromatic rings. The van der Waals surface area contributed by atoms with Crippen LogP contribution >= 0.6 is 0 Å². The van der Waals surface area contributed by atoms with Gasteiger partial charge in [0.25, 0.3) is 5.91 Å². The second kappa shape index (κ2) is 5.76. The third-order valence-electron chi connectivity index (χ3n) is 5.03. The standard InChI is InChI=1S/C17H21N3O3/c21-16(15-11-12-3-1-2-4-14(12)23-15)19-8-5-13(6-9-19)20-10-7-18-17(20)22/h1-4,13,15H,5-11H2,(H,18,22)/t15-/m1/s1. The van der Waals surface area contributed by atoms with Gasteiger partial charge in [-0.25, -0.2) is 4.79 Å². The molecule has 3 amide bonds. The van der Waals surface area contributed by atoms with E-state index in [0.29, 0.717) is 19.5 Å². The van der Waals surface area contributed by atoms with E-state index in [0.717, 1.165) is 37.2 Å². The Morgan fingerprint density at radius 2 is 1.96 bits per heavy atom. The van der Waals surface area contributed by atoms with Gasteiger partial charge in [-0.3, -0.25) is 4.79 Å². The molecule has 0 saturated carbocycles. The number of nitrogens with zero attached hydrogens (tertiary/aromatic N) is 2. The Balaban J connectivity index is 1.34. The molecule has 23 heavy (non-hydrogen) atoms. The summed E-state index contributed by atoms with van der Waals surface area (Å²) in [6.45, 7) is 2.90. The molecular weight excluding hydrogens is 294 g/mol. The summed E-state index contributed by atoms with van der Waals surface area (Å²) in [5, 5.41) is 2.84. The molecule has 0 spiro atoms. The molecule has 1 aromatic carbocycles. The Morgan fingerprint density at radius 1 is 1.17 bits per heavy atom. The van der Waals surface area contributed by atoms with E-state index in [4.69, 9.17) is 4.74 Å². The fourth-order valence-corrected chi connectivity index (χ4v) is 3.76. The van der Waals surface area contributed by atoms with Gasteiger partial charge in [0.1, 0.15) is 5.75 Å². The van der Waals surface area contributed by atoms with E-state index in [9.17, 15) is 9.59 Å². The first-order valence-electron chi connectivity index (χ1n) is 8.30. The number of likely N-dealkylation sites (tertiary alicyclic amines) is 1. The number of para-hydroxylation sites is 1. The van der Waals surface area contributed by atoms with Gasteiger partial charge in [-0.2, -0.15) is 0 Å². The maximum atomic E-state index is 12.7. The summed E-state index contributed by atoms with van der Waals surface area (Å²) in [7, 11) is 0. The van der Waals surface area contributed by atoms with Crippen LogP contribution in [0.2, 0.25) is 0 Å². The zero-order chi connectivity index (χ0) is 15.8. The minimum atomic E-state index is -0.390. The highest BCUT2D eigenvalue weighted by Crippen LogP contribution is 2.29. The second-order valence-corrected chi connectivity index (χ2v) is 6.40. The van der Waals surface area contributed by atoms with Crippen molar-refractivity contribution in [3.05, 3.63) is 29.8 Å². The molecule has 2 fully saturated rings.